The van der Waals surface area contributed by atoms with Crippen LogP contribution in [0.5, 0.6) is 0 Å². The summed E-state index contributed by atoms with van der Waals surface area (Å²) in [5.41, 5.74) is 2.12. The smallest absolute Gasteiger partial charge is 0.208 e. The maximum atomic E-state index is 11.1. The summed E-state index contributed by atoms with van der Waals surface area (Å²) in [5.74, 6) is 1.50. The number of benzene rings is 1. The number of para-hydroxylation sites is 2. The van der Waals surface area contributed by atoms with Gasteiger partial charge in [0.2, 0.25) is 10.0 Å². The molecule has 1 saturated heterocycles. The van der Waals surface area contributed by atoms with Crippen LogP contribution < -0.4 is 4.72 Å². The number of hydrogen-bond donors (Lipinski definition) is 2. The van der Waals surface area contributed by atoms with Crippen LogP contribution in [0.25, 0.3) is 11.0 Å². The minimum atomic E-state index is -3.08. The first-order valence-corrected chi connectivity index (χ1v) is 10.0. The summed E-state index contributed by atoms with van der Waals surface area (Å²) in [5, 5.41) is 0. The highest BCUT2D eigenvalue weighted by atomic mass is 32.2. The zero-order valence-corrected chi connectivity index (χ0v) is 14.3. The molecule has 1 atom stereocenters. The molecule has 0 unspecified atom stereocenters. The molecule has 2 aromatic rings. The summed E-state index contributed by atoms with van der Waals surface area (Å²) < 4.78 is 24.7. The molecule has 0 saturated carbocycles. The number of nitrogens with zero attached hydrogens (tertiary/aromatic N) is 2. The van der Waals surface area contributed by atoms with E-state index in [9.17, 15) is 8.42 Å². The summed E-state index contributed by atoms with van der Waals surface area (Å²) >= 11 is 0. The lowest BCUT2D eigenvalue weighted by Gasteiger charge is -2.31. The molecule has 1 fully saturated rings. The van der Waals surface area contributed by atoms with Crippen LogP contribution in [0.4, 0.5) is 0 Å². The Hall–Kier alpha value is -1.44. The van der Waals surface area contributed by atoms with Crippen LogP contribution in [0.2, 0.25) is 0 Å². The second kappa shape index (κ2) is 6.98. The lowest BCUT2D eigenvalue weighted by molar-refractivity contribution is 0.203. The molecule has 0 radical (unpaired) electrons. The van der Waals surface area contributed by atoms with Crippen LogP contribution in [0, 0.1) is 0 Å². The number of rotatable bonds is 6. The van der Waals surface area contributed by atoms with Gasteiger partial charge in [-0.2, -0.15) is 0 Å². The summed E-state index contributed by atoms with van der Waals surface area (Å²) in [7, 11) is -3.08. The highest BCUT2D eigenvalue weighted by molar-refractivity contribution is 7.88. The Balaban J connectivity index is 1.55. The quantitative estimate of drug-likeness (QED) is 0.787. The van der Waals surface area contributed by atoms with Crippen molar-refractivity contribution in [2.75, 3.05) is 32.4 Å². The predicted octanol–water partition coefficient (Wildman–Crippen LogP) is 1.68. The van der Waals surface area contributed by atoms with Crippen LogP contribution >= 0.6 is 0 Å². The number of fused-ring (bicyclic) bond motifs is 1. The Labute approximate surface area is 137 Å². The lowest BCUT2D eigenvalue weighted by Crippen LogP contribution is -2.36. The van der Waals surface area contributed by atoms with Crippen LogP contribution in [-0.2, 0) is 10.0 Å². The fourth-order valence-electron chi connectivity index (χ4n) is 3.21. The van der Waals surface area contributed by atoms with Crippen molar-refractivity contribution in [2.24, 2.45) is 0 Å². The molecule has 2 N–H and O–H groups in total. The van der Waals surface area contributed by atoms with Gasteiger partial charge < -0.3 is 9.88 Å². The summed E-state index contributed by atoms with van der Waals surface area (Å²) in [4.78, 5) is 10.6. The maximum absolute atomic E-state index is 11.1. The van der Waals surface area contributed by atoms with E-state index in [-0.39, 0.29) is 0 Å². The molecular formula is C16H24N4O2S. The van der Waals surface area contributed by atoms with Crippen LogP contribution in [0.15, 0.2) is 24.3 Å². The van der Waals surface area contributed by atoms with Gasteiger partial charge in [-0.3, -0.25) is 0 Å². The molecule has 23 heavy (non-hydrogen) atoms. The van der Waals surface area contributed by atoms with E-state index >= 15 is 0 Å². The van der Waals surface area contributed by atoms with Gasteiger partial charge in [-0.1, -0.05) is 12.1 Å². The maximum Gasteiger partial charge on any atom is 0.208 e. The standard InChI is InChI=1S/C16H24N4O2S/c1-23(21,22)17-9-5-11-20-10-4-6-13(12-20)16-18-14-7-2-3-8-15(14)19-16/h2-3,7-8,13,17H,4-6,9-12H2,1H3,(H,18,19)/t13-/m1/s1. The molecule has 0 spiro atoms. The molecule has 0 aliphatic carbocycles. The topological polar surface area (TPSA) is 78.1 Å². The molecule has 1 aromatic heterocycles. The van der Waals surface area contributed by atoms with Gasteiger partial charge in [-0.05, 0) is 44.5 Å². The highest BCUT2D eigenvalue weighted by Gasteiger charge is 2.23. The average Bonchev–Trinajstić information content (AvgIpc) is 2.95. The number of likely N-dealkylation sites (tertiary alicyclic amines) is 1. The molecule has 3 rings (SSSR count). The summed E-state index contributed by atoms with van der Waals surface area (Å²) in [6.07, 6.45) is 4.34. The molecule has 126 valence electrons. The molecule has 0 amide bonds. The molecule has 2 heterocycles. The van der Waals surface area contributed by atoms with Gasteiger partial charge in [-0.15, -0.1) is 0 Å². The number of piperidine rings is 1. The van der Waals surface area contributed by atoms with Crippen molar-refractivity contribution in [3.8, 4) is 0 Å². The molecule has 1 aliphatic rings. The van der Waals surface area contributed by atoms with Crippen molar-refractivity contribution in [3.05, 3.63) is 30.1 Å². The van der Waals surface area contributed by atoms with Crippen LogP contribution in [0.3, 0.4) is 0 Å². The number of sulfonamides is 1. The van der Waals surface area contributed by atoms with Gasteiger partial charge in [0.25, 0.3) is 0 Å². The van der Waals surface area contributed by atoms with Gasteiger partial charge in [0.15, 0.2) is 0 Å². The van der Waals surface area contributed by atoms with Gasteiger partial charge in [0, 0.05) is 19.0 Å². The second-order valence-corrected chi connectivity index (χ2v) is 8.13. The van der Waals surface area contributed by atoms with Crippen molar-refractivity contribution in [3.63, 3.8) is 0 Å². The van der Waals surface area contributed by atoms with Crippen molar-refractivity contribution in [2.45, 2.75) is 25.2 Å². The first-order valence-electron chi connectivity index (χ1n) is 8.13. The van der Waals surface area contributed by atoms with Gasteiger partial charge >= 0.3 is 0 Å². The average molecular weight is 336 g/mol. The first kappa shape index (κ1) is 16.4. The normalized spacial score (nSPS) is 20.1. The van der Waals surface area contributed by atoms with E-state index in [1.54, 1.807) is 0 Å². The monoisotopic (exact) mass is 336 g/mol. The zero-order chi connectivity index (χ0) is 16.3. The number of nitrogens with one attached hydrogen (secondary N) is 2. The third kappa shape index (κ3) is 4.53. The van der Waals surface area contributed by atoms with E-state index in [1.807, 2.05) is 18.2 Å². The Morgan fingerprint density at radius 1 is 1.39 bits per heavy atom. The molecule has 1 aromatic carbocycles. The third-order valence-electron chi connectivity index (χ3n) is 4.32. The zero-order valence-electron chi connectivity index (χ0n) is 13.5. The Morgan fingerprint density at radius 2 is 2.22 bits per heavy atom. The molecular weight excluding hydrogens is 312 g/mol. The van der Waals surface area contributed by atoms with Crippen molar-refractivity contribution in [1.29, 1.82) is 0 Å². The van der Waals surface area contributed by atoms with Crippen molar-refractivity contribution < 1.29 is 8.42 Å². The largest absolute Gasteiger partial charge is 0.342 e. The van der Waals surface area contributed by atoms with E-state index in [4.69, 9.17) is 4.98 Å². The van der Waals surface area contributed by atoms with Crippen LogP contribution in [-0.4, -0.2) is 55.7 Å². The fraction of sp³-hybridized carbons (Fsp3) is 0.562. The molecule has 0 bridgehead atoms. The van der Waals surface area contributed by atoms with E-state index < -0.39 is 10.0 Å². The Morgan fingerprint density at radius 3 is 3.00 bits per heavy atom. The SMILES string of the molecule is CS(=O)(=O)NCCCN1CCC[C@@H](c2nc3ccccc3[nH]2)C1. The fourth-order valence-corrected chi connectivity index (χ4v) is 3.72. The lowest BCUT2D eigenvalue weighted by atomic mass is 9.97. The Bertz CT molecular complexity index is 723. The summed E-state index contributed by atoms with van der Waals surface area (Å²) in [6, 6.07) is 8.12. The number of imidazole rings is 1. The number of aromatic amines is 1. The van der Waals surface area contributed by atoms with Gasteiger partial charge in [0.1, 0.15) is 5.82 Å². The van der Waals surface area contributed by atoms with E-state index in [1.165, 1.54) is 6.26 Å². The van der Waals surface area contributed by atoms with Crippen LogP contribution in [0.1, 0.15) is 31.0 Å². The predicted molar refractivity (Wildman–Crippen MR) is 92.0 cm³/mol. The highest BCUT2D eigenvalue weighted by Crippen LogP contribution is 2.26. The Kier molecular flexibility index (Phi) is 4.99. The first-order chi connectivity index (χ1) is 11.0. The van der Waals surface area contributed by atoms with E-state index in [2.05, 4.69) is 20.7 Å². The van der Waals surface area contributed by atoms with Crippen molar-refractivity contribution >= 4 is 21.1 Å². The second-order valence-electron chi connectivity index (χ2n) is 6.30. The molecule has 7 heteroatoms. The van der Waals surface area contributed by atoms with E-state index in [0.717, 1.165) is 55.8 Å². The molecule has 6 nitrogen and oxygen atoms in total. The summed E-state index contributed by atoms with van der Waals surface area (Å²) in [6.45, 7) is 3.48. The van der Waals surface area contributed by atoms with E-state index in [0.29, 0.717) is 12.5 Å². The minimum Gasteiger partial charge on any atom is -0.342 e. The molecule has 1 aliphatic heterocycles. The third-order valence-corrected chi connectivity index (χ3v) is 5.04. The number of hydrogen-bond acceptors (Lipinski definition) is 4. The minimum absolute atomic E-state index is 0.430. The van der Waals surface area contributed by atoms with Gasteiger partial charge in [0.05, 0.1) is 17.3 Å². The number of H-pyrrole nitrogens is 1. The number of aromatic nitrogens is 2. The van der Waals surface area contributed by atoms with Gasteiger partial charge in [-0.25, -0.2) is 18.1 Å². The van der Waals surface area contributed by atoms with Crippen molar-refractivity contribution in [1.82, 2.24) is 19.6 Å².